The quantitative estimate of drug-likeness (QED) is 0.204. The fourth-order valence-electron chi connectivity index (χ4n) is 3.54. The van der Waals surface area contributed by atoms with Crippen molar-refractivity contribution in [2.75, 3.05) is 0 Å². The number of hydrogen-bond donors (Lipinski definition) is 0. The molecule has 4 aromatic carbocycles. The molecule has 0 aliphatic rings. The summed E-state index contributed by atoms with van der Waals surface area (Å²) < 4.78 is 55.4. The van der Waals surface area contributed by atoms with Gasteiger partial charge in [-0.2, -0.15) is 0 Å². The number of fused-ring (bicyclic) bond motifs is 3. The van der Waals surface area contributed by atoms with Gasteiger partial charge in [0.1, 0.15) is 5.82 Å². The molecular formula is C23H16F4. The van der Waals surface area contributed by atoms with E-state index in [-0.39, 0.29) is 11.1 Å². The summed E-state index contributed by atoms with van der Waals surface area (Å²) in [7, 11) is 0. The maximum Gasteiger partial charge on any atom is 0.194 e. The maximum absolute atomic E-state index is 15.1. The van der Waals surface area contributed by atoms with Gasteiger partial charge in [0.25, 0.3) is 0 Å². The third kappa shape index (κ3) is 2.95. The predicted molar refractivity (Wildman–Crippen MR) is 101 cm³/mol. The Morgan fingerprint density at radius 1 is 0.667 bits per heavy atom. The van der Waals surface area contributed by atoms with Crippen molar-refractivity contribution in [3.63, 3.8) is 0 Å². The van der Waals surface area contributed by atoms with Crippen LogP contribution in [0.25, 0.3) is 32.7 Å². The Hall–Kier alpha value is -2.88. The van der Waals surface area contributed by atoms with Gasteiger partial charge in [-0.05, 0) is 45.8 Å². The average Bonchev–Trinajstić information content (AvgIpc) is 2.66. The second-order valence-corrected chi connectivity index (χ2v) is 6.65. The fourth-order valence-corrected chi connectivity index (χ4v) is 3.54. The minimum absolute atomic E-state index is 0.0299. The van der Waals surface area contributed by atoms with Gasteiger partial charge < -0.3 is 0 Å². The van der Waals surface area contributed by atoms with Crippen LogP contribution in [0.5, 0.6) is 0 Å². The van der Waals surface area contributed by atoms with Crippen molar-refractivity contribution in [1.29, 1.82) is 0 Å². The standard InChI is InChI=1S/C23H16F4/c1-2-3-13-4-6-16-14(10-13)5-7-19-18(16)9-8-17(22(19)26)15-11-20(24)23(27)21(25)12-15/h4-12H,2-3H2,1H3. The zero-order valence-corrected chi connectivity index (χ0v) is 14.6. The molecule has 27 heavy (non-hydrogen) atoms. The lowest BCUT2D eigenvalue weighted by molar-refractivity contribution is 0.447. The molecular weight excluding hydrogens is 352 g/mol. The Labute approximate surface area is 154 Å². The maximum atomic E-state index is 15.1. The molecule has 0 fully saturated rings. The largest absolute Gasteiger partial charge is 0.206 e. The van der Waals surface area contributed by atoms with Crippen LogP contribution in [0, 0.1) is 23.3 Å². The van der Waals surface area contributed by atoms with Crippen molar-refractivity contribution in [1.82, 2.24) is 0 Å². The highest BCUT2D eigenvalue weighted by Gasteiger charge is 2.16. The number of benzene rings is 4. The van der Waals surface area contributed by atoms with Gasteiger partial charge in [0.05, 0.1) is 0 Å². The zero-order valence-electron chi connectivity index (χ0n) is 14.6. The fraction of sp³-hybridized carbons (Fsp3) is 0.130. The summed E-state index contributed by atoms with van der Waals surface area (Å²) in [6.45, 7) is 2.11. The molecule has 0 heterocycles. The molecule has 0 N–H and O–H groups in total. The molecule has 0 saturated heterocycles. The second kappa shape index (κ2) is 6.69. The molecule has 0 nitrogen and oxygen atoms in total. The normalized spacial score (nSPS) is 11.4. The molecule has 0 saturated carbocycles. The summed E-state index contributed by atoms with van der Waals surface area (Å²) in [5.74, 6) is -4.83. The molecule has 0 spiro atoms. The van der Waals surface area contributed by atoms with E-state index in [1.165, 1.54) is 11.6 Å². The molecule has 0 bridgehead atoms. The number of hydrogen-bond acceptors (Lipinski definition) is 0. The first-order chi connectivity index (χ1) is 13.0. The summed E-state index contributed by atoms with van der Waals surface area (Å²) in [5.41, 5.74) is 1.21. The van der Waals surface area contributed by atoms with Crippen LogP contribution in [-0.4, -0.2) is 0 Å². The number of halogens is 4. The third-order valence-electron chi connectivity index (χ3n) is 4.85. The number of rotatable bonds is 3. The molecule has 136 valence electrons. The topological polar surface area (TPSA) is 0 Å². The zero-order chi connectivity index (χ0) is 19.1. The Morgan fingerprint density at radius 2 is 1.33 bits per heavy atom. The van der Waals surface area contributed by atoms with Gasteiger partial charge in [-0.1, -0.05) is 55.8 Å². The van der Waals surface area contributed by atoms with Crippen molar-refractivity contribution in [3.8, 4) is 11.1 Å². The first-order valence-corrected chi connectivity index (χ1v) is 8.78. The molecule has 0 unspecified atom stereocenters. The van der Waals surface area contributed by atoms with Crippen LogP contribution in [0.4, 0.5) is 17.6 Å². The Balaban J connectivity index is 1.92. The molecule has 4 rings (SSSR count). The molecule has 0 atom stereocenters. The first kappa shape index (κ1) is 17.5. The van der Waals surface area contributed by atoms with Gasteiger partial charge in [0.15, 0.2) is 17.5 Å². The van der Waals surface area contributed by atoms with Crippen LogP contribution >= 0.6 is 0 Å². The van der Waals surface area contributed by atoms with Crippen molar-refractivity contribution >= 4 is 21.5 Å². The third-order valence-corrected chi connectivity index (χ3v) is 4.85. The highest BCUT2D eigenvalue weighted by Crippen LogP contribution is 2.34. The summed E-state index contributed by atoms with van der Waals surface area (Å²) in [5, 5.41) is 3.00. The van der Waals surface area contributed by atoms with Gasteiger partial charge in [-0.3, -0.25) is 0 Å². The summed E-state index contributed by atoms with van der Waals surface area (Å²) in [6, 6.07) is 14.4. The van der Waals surface area contributed by atoms with E-state index in [0.29, 0.717) is 5.39 Å². The van der Waals surface area contributed by atoms with E-state index >= 15 is 4.39 Å². The predicted octanol–water partition coefficient (Wildman–Crippen LogP) is 7.17. The van der Waals surface area contributed by atoms with E-state index in [1.54, 1.807) is 12.1 Å². The van der Waals surface area contributed by atoms with E-state index in [0.717, 1.165) is 41.1 Å². The van der Waals surface area contributed by atoms with E-state index < -0.39 is 23.3 Å². The molecule has 0 aromatic heterocycles. The molecule has 4 aromatic rings. The minimum atomic E-state index is -1.56. The number of aryl methyl sites for hydroxylation is 1. The van der Waals surface area contributed by atoms with Crippen molar-refractivity contribution in [2.45, 2.75) is 19.8 Å². The molecule has 0 aliphatic heterocycles. The Morgan fingerprint density at radius 3 is 2.04 bits per heavy atom. The second-order valence-electron chi connectivity index (χ2n) is 6.65. The van der Waals surface area contributed by atoms with Gasteiger partial charge >= 0.3 is 0 Å². The van der Waals surface area contributed by atoms with Gasteiger partial charge in [-0.25, -0.2) is 17.6 Å². The molecule has 0 amide bonds. The van der Waals surface area contributed by atoms with E-state index in [1.807, 2.05) is 18.2 Å². The average molecular weight is 368 g/mol. The highest BCUT2D eigenvalue weighted by molar-refractivity contribution is 6.08. The summed E-state index contributed by atoms with van der Waals surface area (Å²) >= 11 is 0. The van der Waals surface area contributed by atoms with Crippen LogP contribution in [-0.2, 0) is 6.42 Å². The van der Waals surface area contributed by atoms with Crippen LogP contribution in [0.1, 0.15) is 18.9 Å². The van der Waals surface area contributed by atoms with E-state index in [9.17, 15) is 13.2 Å². The minimum Gasteiger partial charge on any atom is -0.206 e. The summed E-state index contributed by atoms with van der Waals surface area (Å²) in [4.78, 5) is 0. The van der Waals surface area contributed by atoms with Crippen LogP contribution in [0.2, 0.25) is 0 Å². The Kier molecular flexibility index (Phi) is 4.34. The van der Waals surface area contributed by atoms with Gasteiger partial charge in [0.2, 0.25) is 0 Å². The van der Waals surface area contributed by atoms with Gasteiger partial charge in [0, 0.05) is 10.9 Å². The summed E-state index contributed by atoms with van der Waals surface area (Å²) in [6.07, 6.45) is 2.02. The van der Waals surface area contributed by atoms with Crippen LogP contribution < -0.4 is 0 Å². The smallest absolute Gasteiger partial charge is 0.194 e. The lowest BCUT2D eigenvalue weighted by Gasteiger charge is -2.11. The SMILES string of the molecule is CCCc1ccc2c(ccc3c(F)c(-c4cc(F)c(F)c(F)c4)ccc32)c1. The van der Waals surface area contributed by atoms with Crippen molar-refractivity contribution < 1.29 is 17.6 Å². The van der Waals surface area contributed by atoms with Crippen molar-refractivity contribution in [2.24, 2.45) is 0 Å². The van der Waals surface area contributed by atoms with Crippen LogP contribution in [0.3, 0.4) is 0 Å². The van der Waals surface area contributed by atoms with Crippen LogP contribution in [0.15, 0.2) is 54.6 Å². The van der Waals surface area contributed by atoms with E-state index in [4.69, 9.17) is 0 Å². The van der Waals surface area contributed by atoms with Crippen molar-refractivity contribution in [3.05, 3.63) is 83.4 Å². The molecule has 0 aliphatic carbocycles. The Bertz CT molecular complexity index is 1160. The lowest BCUT2D eigenvalue weighted by atomic mass is 9.95. The monoisotopic (exact) mass is 368 g/mol. The molecule has 0 radical (unpaired) electrons. The van der Waals surface area contributed by atoms with Gasteiger partial charge in [-0.15, -0.1) is 0 Å². The van der Waals surface area contributed by atoms with E-state index in [2.05, 4.69) is 13.0 Å². The lowest BCUT2D eigenvalue weighted by Crippen LogP contribution is -1.94. The highest BCUT2D eigenvalue weighted by atomic mass is 19.2. The molecule has 4 heteroatoms. The first-order valence-electron chi connectivity index (χ1n) is 8.78.